The van der Waals surface area contributed by atoms with Crippen molar-refractivity contribution in [2.75, 3.05) is 7.05 Å². The molecule has 0 aliphatic carbocycles. The van der Waals surface area contributed by atoms with Gasteiger partial charge in [0.25, 0.3) is 0 Å². The molecule has 0 saturated carbocycles. The molecule has 0 spiro atoms. The Morgan fingerprint density at radius 2 is 1.82 bits per heavy atom. The molecule has 1 aromatic rings. The molecule has 0 aromatic heterocycles. The fourth-order valence-electron chi connectivity index (χ4n) is 0.716. The summed E-state index contributed by atoms with van der Waals surface area (Å²) >= 11 is 1.57. The van der Waals surface area contributed by atoms with Crippen molar-refractivity contribution < 1.29 is 0 Å². The highest BCUT2D eigenvalue weighted by Gasteiger charge is 1.89. The summed E-state index contributed by atoms with van der Waals surface area (Å²) in [6.45, 7) is 2.08. The number of hydrogen-bond donors (Lipinski definition) is 2. The summed E-state index contributed by atoms with van der Waals surface area (Å²) in [6.07, 6.45) is 0. The molecule has 0 amide bonds. The molecule has 0 radical (unpaired) electrons. The van der Waals surface area contributed by atoms with Gasteiger partial charge in [0.15, 0.2) is 0 Å². The van der Waals surface area contributed by atoms with Crippen molar-refractivity contribution in [2.24, 2.45) is 0 Å². The number of aryl methyl sites for hydroxylation is 1. The van der Waals surface area contributed by atoms with Crippen LogP contribution in [0.25, 0.3) is 0 Å². The molecule has 0 aliphatic heterocycles. The highest BCUT2D eigenvalue weighted by atomic mass is 32.2. The predicted molar refractivity (Wildman–Crippen MR) is 49.2 cm³/mol. The van der Waals surface area contributed by atoms with Crippen LogP contribution in [0.15, 0.2) is 29.2 Å². The van der Waals surface area contributed by atoms with Gasteiger partial charge in [-0.05, 0) is 38.1 Å². The van der Waals surface area contributed by atoms with Crippen molar-refractivity contribution in [3.63, 3.8) is 0 Å². The number of hydrogen-bond acceptors (Lipinski definition) is 3. The van der Waals surface area contributed by atoms with Crippen LogP contribution in [0, 0.1) is 6.92 Å². The van der Waals surface area contributed by atoms with E-state index in [9.17, 15) is 0 Å². The lowest BCUT2D eigenvalue weighted by Crippen LogP contribution is -2.18. The van der Waals surface area contributed by atoms with Gasteiger partial charge in [-0.1, -0.05) is 17.7 Å². The average Bonchev–Trinajstić information content (AvgIpc) is 2.04. The first-order valence-electron chi connectivity index (χ1n) is 3.48. The largest absolute Gasteiger partial charge is 0.251 e. The first-order chi connectivity index (χ1) is 5.33. The Labute approximate surface area is 71.5 Å². The molecule has 0 atom stereocenters. The lowest BCUT2D eigenvalue weighted by molar-refractivity contribution is 0.817. The smallest absolute Gasteiger partial charge is 0.0240 e. The highest BCUT2D eigenvalue weighted by molar-refractivity contribution is 7.97. The van der Waals surface area contributed by atoms with E-state index in [1.807, 2.05) is 7.05 Å². The number of rotatable bonds is 3. The van der Waals surface area contributed by atoms with Crippen LogP contribution in [0.5, 0.6) is 0 Å². The second-order valence-corrected chi connectivity index (χ2v) is 3.15. The van der Waals surface area contributed by atoms with Gasteiger partial charge in [-0.3, -0.25) is 5.43 Å². The SMILES string of the molecule is CNNSc1ccc(C)cc1. The van der Waals surface area contributed by atoms with Gasteiger partial charge in [0.1, 0.15) is 0 Å². The molecule has 3 heteroatoms. The molecule has 1 rings (SSSR count). The van der Waals surface area contributed by atoms with Gasteiger partial charge in [0, 0.05) is 4.90 Å². The van der Waals surface area contributed by atoms with E-state index in [-0.39, 0.29) is 0 Å². The molecule has 1 aromatic carbocycles. The Kier molecular flexibility index (Phi) is 3.42. The second kappa shape index (κ2) is 4.38. The van der Waals surface area contributed by atoms with Gasteiger partial charge >= 0.3 is 0 Å². The van der Waals surface area contributed by atoms with Crippen molar-refractivity contribution >= 4 is 11.9 Å². The molecule has 60 valence electrons. The number of nitrogens with one attached hydrogen (secondary N) is 2. The Morgan fingerprint density at radius 1 is 1.18 bits per heavy atom. The molecule has 0 saturated heterocycles. The third-order valence-electron chi connectivity index (χ3n) is 1.29. The minimum Gasteiger partial charge on any atom is -0.251 e. The first kappa shape index (κ1) is 8.59. The zero-order valence-corrected chi connectivity index (χ0v) is 7.53. The topological polar surface area (TPSA) is 24.1 Å². The summed E-state index contributed by atoms with van der Waals surface area (Å²) in [5.41, 5.74) is 4.13. The Bertz CT molecular complexity index is 208. The maximum absolute atomic E-state index is 2.95. The summed E-state index contributed by atoms with van der Waals surface area (Å²) in [4.78, 5) is 4.16. The van der Waals surface area contributed by atoms with Crippen LogP contribution in [0.4, 0.5) is 0 Å². The monoisotopic (exact) mass is 168 g/mol. The standard InChI is InChI=1S/C8H12N2S/c1-7-3-5-8(6-4-7)11-10-9-2/h3-6,9-10H,1-2H3. The van der Waals surface area contributed by atoms with E-state index in [4.69, 9.17) is 0 Å². The molecule has 0 bridgehead atoms. The summed E-state index contributed by atoms with van der Waals surface area (Å²) in [6, 6.07) is 8.37. The van der Waals surface area contributed by atoms with Crippen LogP contribution < -0.4 is 10.3 Å². The molecular formula is C8H12N2S. The van der Waals surface area contributed by atoms with Crippen molar-refractivity contribution in [3.8, 4) is 0 Å². The minimum absolute atomic E-state index is 1.21. The third-order valence-corrected chi connectivity index (χ3v) is 2.11. The van der Waals surface area contributed by atoms with Crippen LogP contribution in [0.1, 0.15) is 5.56 Å². The summed E-state index contributed by atoms with van der Waals surface area (Å²) in [7, 11) is 1.85. The Hall–Kier alpha value is -0.510. The average molecular weight is 168 g/mol. The number of hydrazine groups is 1. The quantitative estimate of drug-likeness (QED) is 0.531. The van der Waals surface area contributed by atoms with Gasteiger partial charge in [0.05, 0.1) is 0 Å². The molecular weight excluding hydrogens is 156 g/mol. The van der Waals surface area contributed by atoms with E-state index in [0.717, 1.165) is 0 Å². The van der Waals surface area contributed by atoms with Crippen molar-refractivity contribution in [1.29, 1.82) is 0 Å². The van der Waals surface area contributed by atoms with E-state index in [1.54, 1.807) is 11.9 Å². The molecule has 2 nitrogen and oxygen atoms in total. The van der Waals surface area contributed by atoms with Gasteiger partial charge in [0.2, 0.25) is 0 Å². The fourth-order valence-corrected chi connectivity index (χ4v) is 1.21. The van der Waals surface area contributed by atoms with Gasteiger partial charge < -0.3 is 0 Å². The van der Waals surface area contributed by atoms with Crippen molar-refractivity contribution in [3.05, 3.63) is 29.8 Å². The van der Waals surface area contributed by atoms with E-state index in [1.165, 1.54) is 10.5 Å². The maximum atomic E-state index is 2.95. The second-order valence-electron chi connectivity index (χ2n) is 2.27. The molecule has 0 fully saturated rings. The van der Waals surface area contributed by atoms with Crippen LogP contribution >= 0.6 is 11.9 Å². The zero-order valence-electron chi connectivity index (χ0n) is 6.72. The van der Waals surface area contributed by atoms with Crippen LogP contribution in [-0.4, -0.2) is 7.05 Å². The molecule has 0 heterocycles. The van der Waals surface area contributed by atoms with Gasteiger partial charge in [-0.2, -0.15) is 4.83 Å². The lowest BCUT2D eigenvalue weighted by atomic mass is 10.2. The van der Waals surface area contributed by atoms with Crippen molar-refractivity contribution in [2.45, 2.75) is 11.8 Å². The summed E-state index contributed by atoms with van der Waals surface area (Å²) in [5, 5.41) is 0. The molecule has 2 N–H and O–H groups in total. The summed E-state index contributed by atoms with van der Waals surface area (Å²) < 4.78 is 0. The molecule has 0 aliphatic rings. The first-order valence-corrected chi connectivity index (χ1v) is 4.30. The van der Waals surface area contributed by atoms with Crippen LogP contribution in [-0.2, 0) is 0 Å². The van der Waals surface area contributed by atoms with E-state index in [0.29, 0.717) is 0 Å². The molecule has 11 heavy (non-hydrogen) atoms. The Morgan fingerprint density at radius 3 is 2.36 bits per heavy atom. The minimum atomic E-state index is 1.21. The zero-order chi connectivity index (χ0) is 8.10. The molecule has 0 unspecified atom stereocenters. The fraction of sp³-hybridized carbons (Fsp3) is 0.250. The normalized spacial score (nSPS) is 10.0. The van der Waals surface area contributed by atoms with E-state index < -0.39 is 0 Å². The lowest BCUT2D eigenvalue weighted by Gasteiger charge is -2.00. The van der Waals surface area contributed by atoms with Crippen LogP contribution in [0.3, 0.4) is 0 Å². The Balaban J connectivity index is 2.52. The highest BCUT2D eigenvalue weighted by Crippen LogP contribution is 2.13. The third kappa shape index (κ3) is 2.93. The van der Waals surface area contributed by atoms with E-state index >= 15 is 0 Å². The van der Waals surface area contributed by atoms with Gasteiger partial charge in [-0.25, -0.2) is 0 Å². The number of benzene rings is 1. The maximum Gasteiger partial charge on any atom is 0.0240 e. The van der Waals surface area contributed by atoms with Crippen LogP contribution in [0.2, 0.25) is 0 Å². The predicted octanol–water partition coefficient (Wildman–Crippen LogP) is 1.73. The van der Waals surface area contributed by atoms with Gasteiger partial charge in [-0.15, -0.1) is 0 Å². The van der Waals surface area contributed by atoms with E-state index in [2.05, 4.69) is 41.4 Å². The summed E-state index contributed by atoms with van der Waals surface area (Å²) in [5.74, 6) is 0. The van der Waals surface area contributed by atoms with Crippen molar-refractivity contribution in [1.82, 2.24) is 10.3 Å².